The number of thioether (sulfide) groups is 1. The lowest BCUT2D eigenvalue weighted by atomic mass is 10.4. The number of hydrogen-bond acceptors (Lipinski definition) is 7. The number of rotatable bonds is 3. The lowest BCUT2D eigenvalue weighted by molar-refractivity contribution is 0.404. The minimum atomic E-state index is -4.08. The van der Waals surface area contributed by atoms with Crippen LogP contribution in [-0.2, 0) is 19.9 Å². The van der Waals surface area contributed by atoms with Crippen LogP contribution in [0.2, 0.25) is 0 Å². The van der Waals surface area contributed by atoms with Gasteiger partial charge in [0.1, 0.15) is 16.3 Å². The lowest BCUT2D eigenvalue weighted by Crippen LogP contribution is -2.49. The Morgan fingerprint density at radius 2 is 2.14 bits per heavy atom. The highest BCUT2D eigenvalue weighted by atomic mass is 32.2. The molecule has 0 aromatic carbocycles. The maximum Gasteiger partial charge on any atom is 0.247 e. The van der Waals surface area contributed by atoms with E-state index in [0.29, 0.717) is 5.75 Å². The lowest BCUT2D eigenvalue weighted by Gasteiger charge is -2.32. The van der Waals surface area contributed by atoms with E-state index >= 15 is 0 Å². The molecule has 7 nitrogen and oxygen atoms in total. The largest absolute Gasteiger partial charge is 0.247 e. The molecule has 0 spiro atoms. The van der Waals surface area contributed by atoms with Crippen molar-refractivity contribution in [2.24, 2.45) is 0 Å². The smallest absolute Gasteiger partial charge is 0.244 e. The highest BCUT2D eigenvalue weighted by Crippen LogP contribution is 2.28. The van der Waals surface area contributed by atoms with Gasteiger partial charge in [0.15, 0.2) is 15.5 Å². The summed E-state index contributed by atoms with van der Waals surface area (Å²) in [5.74, 6) is 0.688. The molecule has 2 heterocycles. The summed E-state index contributed by atoms with van der Waals surface area (Å²) in [6, 6.07) is 4.39. The molecule has 0 radical (unpaired) electrons. The molecule has 1 saturated heterocycles. The molecule has 114 valence electrons. The third-order valence-corrected chi connectivity index (χ3v) is 7.71. The van der Waals surface area contributed by atoms with Gasteiger partial charge < -0.3 is 0 Å². The fourth-order valence-electron chi connectivity index (χ4n) is 1.99. The van der Waals surface area contributed by atoms with Gasteiger partial charge in [0, 0.05) is 30.5 Å². The molecule has 0 aliphatic carbocycles. The third kappa shape index (κ3) is 3.21. The molecule has 1 aromatic heterocycles. The van der Waals surface area contributed by atoms with Crippen LogP contribution in [0.25, 0.3) is 0 Å². The Kier molecular flexibility index (Phi) is 4.57. The Bertz CT molecular complexity index is 783. The van der Waals surface area contributed by atoms with Crippen molar-refractivity contribution in [3.63, 3.8) is 0 Å². The Hall–Kier alpha value is -1.15. The van der Waals surface area contributed by atoms with Gasteiger partial charge in [-0.2, -0.15) is 21.3 Å². The number of nitriles is 1. The summed E-state index contributed by atoms with van der Waals surface area (Å²) in [4.78, 5) is 3.47. The summed E-state index contributed by atoms with van der Waals surface area (Å²) in [6.07, 6.45) is 2.33. The number of pyridine rings is 1. The first-order chi connectivity index (χ1) is 9.78. The fraction of sp³-hybridized carbons (Fsp3) is 0.455. The molecule has 0 amide bonds. The molecule has 10 heteroatoms. The van der Waals surface area contributed by atoms with Crippen LogP contribution in [0.5, 0.6) is 0 Å². The summed E-state index contributed by atoms with van der Waals surface area (Å²) in [6.45, 7) is 0.0878. The van der Waals surface area contributed by atoms with Crippen LogP contribution in [0, 0.1) is 11.3 Å². The summed E-state index contributed by atoms with van der Waals surface area (Å²) in [7, 11) is -7.64. The fourth-order valence-corrected chi connectivity index (χ4v) is 7.25. The van der Waals surface area contributed by atoms with Gasteiger partial charge >= 0.3 is 0 Å². The van der Waals surface area contributed by atoms with Gasteiger partial charge in [0.25, 0.3) is 0 Å². The number of hydrogen-bond donors (Lipinski definition) is 0. The maximum absolute atomic E-state index is 12.7. The van der Waals surface area contributed by atoms with E-state index in [9.17, 15) is 16.8 Å². The zero-order chi connectivity index (χ0) is 15.7. The molecule has 1 aromatic rings. The summed E-state index contributed by atoms with van der Waals surface area (Å²) < 4.78 is 50.0. The van der Waals surface area contributed by atoms with Crippen LogP contribution in [0.1, 0.15) is 5.69 Å². The van der Waals surface area contributed by atoms with Crippen molar-refractivity contribution in [1.29, 1.82) is 5.26 Å². The quantitative estimate of drug-likeness (QED) is 0.760. The molecule has 1 aliphatic heterocycles. The van der Waals surface area contributed by atoms with Crippen LogP contribution >= 0.6 is 11.8 Å². The molecular weight excluding hydrogens is 334 g/mol. The van der Waals surface area contributed by atoms with Crippen LogP contribution in [-0.4, -0.2) is 55.8 Å². The molecule has 1 aliphatic rings. The zero-order valence-corrected chi connectivity index (χ0v) is 13.6. The van der Waals surface area contributed by atoms with E-state index in [4.69, 9.17) is 5.26 Å². The number of nitrogens with zero attached hydrogens (tertiary/aromatic N) is 3. The van der Waals surface area contributed by atoms with Gasteiger partial charge in [-0.25, -0.2) is 21.8 Å². The van der Waals surface area contributed by atoms with E-state index in [1.165, 1.54) is 30.1 Å². The van der Waals surface area contributed by atoms with Crippen molar-refractivity contribution in [3.8, 4) is 6.07 Å². The number of sulfonamides is 1. The van der Waals surface area contributed by atoms with Crippen LogP contribution < -0.4 is 0 Å². The predicted molar refractivity (Wildman–Crippen MR) is 78.8 cm³/mol. The number of sulfone groups is 1. The standard InChI is InChI=1S/C11H13N3O4S3/c1-20(15,16)11-8-19-6-5-14(11)21(17,18)10-3-2-4-13-9(10)7-12/h2-4,11H,5-6,8H2,1H3. The minimum Gasteiger partial charge on any atom is -0.244 e. The van der Waals surface area contributed by atoms with Gasteiger partial charge in [-0.05, 0) is 12.1 Å². The molecule has 0 saturated carbocycles. The second kappa shape index (κ2) is 5.92. The van der Waals surface area contributed by atoms with Crippen molar-refractivity contribution in [3.05, 3.63) is 24.0 Å². The monoisotopic (exact) mass is 347 g/mol. The van der Waals surface area contributed by atoms with Crippen LogP contribution in [0.15, 0.2) is 23.2 Å². The maximum atomic E-state index is 12.7. The first-order valence-corrected chi connectivity index (χ1v) is 10.5. The van der Waals surface area contributed by atoms with Crippen LogP contribution in [0.4, 0.5) is 0 Å². The topological polar surface area (TPSA) is 108 Å². The zero-order valence-electron chi connectivity index (χ0n) is 11.1. The molecule has 0 N–H and O–H groups in total. The number of aromatic nitrogens is 1. The van der Waals surface area contributed by atoms with Crippen molar-refractivity contribution in [2.45, 2.75) is 10.3 Å². The Morgan fingerprint density at radius 3 is 2.76 bits per heavy atom. The molecule has 0 bridgehead atoms. The van der Waals surface area contributed by atoms with Crippen molar-refractivity contribution in [1.82, 2.24) is 9.29 Å². The second-order valence-electron chi connectivity index (χ2n) is 4.44. The Balaban J connectivity index is 2.54. The Morgan fingerprint density at radius 1 is 1.43 bits per heavy atom. The van der Waals surface area contributed by atoms with Crippen molar-refractivity contribution < 1.29 is 16.8 Å². The molecule has 21 heavy (non-hydrogen) atoms. The van der Waals surface area contributed by atoms with Gasteiger partial charge in [-0.3, -0.25) is 0 Å². The highest BCUT2D eigenvalue weighted by molar-refractivity contribution is 8.01. The average molecular weight is 347 g/mol. The van der Waals surface area contributed by atoms with Crippen molar-refractivity contribution >= 4 is 31.6 Å². The third-order valence-electron chi connectivity index (χ3n) is 3.00. The van der Waals surface area contributed by atoms with Crippen LogP contribution in [0.3, 0.4) is 0 Å². The highest BCUT2D eigenvalue weighted by Gasteiger charge is 2.40. The SMILES string of the molecule is CS(=O)(=O)C1CSCCN1S(=O)(=O)c1cccnc1C#N. The summed E-state index contributed by atoms with van der Waals surface area (Å²) >= 11 is 1.39. The van der Waals surface area contributed by atoms with Gasteiger partial charge in [0.2, 0.25) is 10.0 Å². The van der Waals surface area contributed by atoms with E-state index in [1.54, 1.807) is 6.07 Å². The summed E-state index contributed by atoms with van der Waals surface area (Å²) in [5, 5.41) is 7.87. The molecule has 1 unspecified atom stereocenters. The summed E-state index contributed by atoms with van der Waals surface area (Å²) in [5.41, 5.74) is -0.233. The van der Waals surface area contributed by atoms with E-state index in [0.717, 1.165) is 10.6 Å². The first-order valence-electron chi connectivity index (χ1n) is 5.92. The molecule has 1 fully saturated rings. The van der Waals surface area contributed by atoms with Crippen molar-refractivity contribution in [2.75, 3.05) is 24.3 Å². The first kappa shape index (κ1) is 16.2. The minimum absolute atomic E-state index is 0.0878. The molecule has 2 rings (SSSR count). The second-order valence-corrected chi connectivity index (χ2v) is 9.65. The van der Waals surface area contributed by atoms with Gasteiger partial charge in [0.05, 0.1) is 0 Å². The van der Waals surface area contributed by atoms with E-state index < -0.39 is 25.2 Å². The van der Waals surface area contributed by atoms with Gasteiger partial charge in [-0.1, -0.05) is 0 Å². The normalized spacial score (nSPS) is 20.9. The van der Waals surface area contributed by atoms with E-state index in [2.05, 4.69) is 4.98 Å². The van der Waals surface area contributed by atoms with E-state index in [1.807, 2.05) is 0 Å². The Labute approximate surface area is 127 Å². The predicted octanol–water partition coefficient (Wildman–Crippen LogP) is 0.0615. The van der Waals surface area contributed by atoms with E-state index in [-0.39, 0.29) is 22.9 Å². The molecular formula is C11H13N3O4S3. The average Bonchev–Trinajstić information content (AvgIpc) is 2.46. The molecule has 1 atom stereocenters. The van der Waals surface area contributed by atoms with Gasteiger partial charge in [-0.15, -0.1) is 0 Å².